The number of fused-ring (bicyclic) bond motifs is 2. The molecular formula is C14H23NO4. The predicted molar refractivity (Wildman–Crippen MR) is 69.9 cm³/mol. The van der Waals surface area contributed by atoms with Crippen molar-refractivity contribution in [2.75, 3.05) is 7.05 Å². The molecule has 108 valence electrons. The number of aldehydes is 1. The first-order valence-corrected chi connectivity index (χ1v) is 6.88. The van der Waals surface area contributed by atoms with Crippen molar-refractivity contribution in [1.29, 1.82) is 0 Å². The quantitative estimate of drug-likeness (QED) is 0.735. The molecule has 0 aromatic rings. The second-order valence-electron chi connectivity index (χ2n) is 6.49. The zero-order valence-electron chi connectivity index (χ0n) is 12.1. The third kappa shape index (κ3) is 3.08. The molecule has 0 aromatic carbocycles. The van der Waals surface area contributed by atoms with Crippen LogP contribution in [-0.2, 0) is 14.3 Å². The van der Waals surface area contributed by atoms with E-state index >= 15 is 0 Å². The number of rotatable bonds is 3. The molecule has 2 rings (SSSR count). The third-order valence-corrected chi connectivity index (χ3v) is 3.86. The number of nitrogens with zero attached hydrogens (tertiary/aromatic N) is 1. The molecule has 2 heterocycles. The summed E-state index contributed by atoms with van der Waals surface area (Å²) in [6.07, 6.45) is 3.70. The molecule has 0 N–H and O–H groups in total. The highest BCUT2D eigenvalue weighted by atomic mass is 16.6. The molecule has 1 amide bonds. The molecule has 0 spiro atoms. The Kier molecular flexibility index (Phi) is 3.85. The van der Waals surface area contributed by atoms with Crippen molar-refractivity contribution in [3.8, 4) is 0 Å². The fraction of sp³-hybridized carbons (Fsp3) is 0.857. The van der Waals surface area contributed by atoms with Crippen LogP contribution >= 0.6 is 0 Å². The Morgan fingerprint density at radius 3 is 2.53 bits per heavy atom. The van der Waals surface area contributed by atoms with Gasteiger partial charge in [0.05, 0.1) is 18.2 Å². The van der Waals surface area contributed by atoms with Crippen LogP contribution in [-0.4, -0.2) is 48.2 Å². The van der Waals surface area contributed by atoms with Gasteiger partial charge in [0.25, 0.3) is 0 Å². The molecule has 0 aromatic heterocycles. The maximum atomic E-state index is 12.0. The minimum absolute atomic E-state index is 0.105. The van der Waals surface area contributed by atoms with Crippen molar-refractivity contribution in [2.45, 2.75) is 63.9 Å². The minimum Gasteiger partial charge on any atom is -0.444 e. The van der Waals surface area contributed by atoms with Crippen molar-refractivity contribution >= 4 is 12.4 Å². The Labute approximate surface area is 114 Å². The zero-order valence-corrected chi connectivity index (χ0v) is 12.1. The number of carbonyl (C=O) groups excluding carboxylic acids is 2. The molecule has 0 aliphatic carbocycles. The number of ether oxygens (including phenoxy) is 2. The maximum Gasteiger partial charge on any atom is 0.410 e. The largest absolute Gasteiger partial charge is 0.444 e. The van der Waals surface area contributed by atoms with Gasteiger partial charge < -0.3 is 19.2 Å². The lowest BCUT2D eigenvalue weighted by Crippen LogP contribution is -2.47. The lowest BCUT2D eigenvalue weighted by Gasteiger charge is -2.33. The smallest absolute Gasteiger partial charge is 0.410 e. The molecule has 19 heavy (non-hydrogen) atoms. The van der Waals surface area contributed by atoms with Crippen LogP contribution in [0.15, 0.2) is 0 Å². The van der Waals surface area contributed by atoms with E-state index in [-0.39, 0.29) is 18.1 Å². The molecule has 0 saturated carbocycles. The number of hydrogen-bond acceptors (Lipinski definition) is 4. The molecule has 2 aliphatic rings. The number of amides is 1. The Balaban J connectivity index is 2.01. The van der Waals surface area contributed by atoms with E-state index in [1.807, 2.05) is 20.8 Å². The van der Waals surface area contributed by atoms with Gasteiger partial charge in [0, 0.05) is 13.0 Å². The number of likely N-dealkylation sites (N-methyl/N-ethyl adjacent to an activating group) is 1. The van der Waals surface area contributed by atoms with E-state index in [1.54, 1.807) is 7.05 Å². The van der Waals surface area contributed by atoms with Gasteiger partial charge in [-0.3, -0.25) is 0 Å². The van der Waals surface area contributed by atoms with Gasteiger partial charge in [-0.15, -0.1) is 0 Å². The van der Waals surface area contributed by atoms with E-state index in [0.717, 1.165) is 25.5 Å². The van der Waals surface area contributed by atoms with Crippen molar-refractivity contribution in [3.05, 3.63) is 0 Å². The van der Waals surface area contributed by atoms with Crippen molar-refractivity contribution in [2.24, 2.45) is 5.92 Å². The van der Waals surface area contributed by atoms with Gasteiger partial charge in [0.1, 0.15) is 11.9 Å². The molecule has 4 atom stereocenters. The van der Waals surface area contributed by atoms with Gasteiger partial charge in [-0.2, -0.15) is 0 Å². The summed E-state index contributed by atoms with van der Waals surface area (Å²) in [6.45, 7) is 5.44. The van der Waals surface area contributed by atoms with E-state index in [9.17, 15) is 9.59 Å². The molecule has 4 unspecified atom stereocenters. The highest BCUT2D eigenvalue weighted by Gasteiger charge is 2.46. The fourth-order valence-corrected chi connectivity index (χ4v) is 2.97. The molecule has 2 aliphatic heterocycles. The van der Waals surface area contributed by atoms with Crippen LogP contribution in [0.2, 0.25) is 0 Å². The van der Waals surface area contributed by atoms with Gasteiger partial charge in [-0.05, 0) is 40.0 Å². The first-order chi connectivity index (χ1) is 8.81. The van der Waals surface area contributed by atoms with E-state index < -0.39 is 17.7 Å². The fourth-order valence-electron chi connectivity index (χ4n) is 2.97. The monoisotopic (exact) mass is 269 g/mol. The standard InChI is InChI=1S/C14H23NO4/c1-14(2,3)19-13(17)15(4)11(8-16)10-7-9-5-6-12(10)18-9/h8-12H,5-7H2,1-4H3. The Morgan fingerprint density at radius 1 is 1.42 bits per heavy atom. The molecule has 5 heteroatoms. The Morgan fingerprint density at radius 2 is 2.11 bits per heavy atom. The number of carbonyl (C=O) groups is 2. The summed E-state index contributed by atoms with van der Waals surface area (Å²) in [7, 11) is 1.62. The zero-order chi connectivity index (χ0) is 14.2. The topological polar surface area (TPSA) is 55.8 Å². The second-order valence-corrected chi connectivity index (χ2v) is 6.49. The summed E-state index contributed by atoms with van der Waals surface area (Å²) >= 11 is 0. The predicted octanol–water partition coefficient (Wildman–Crippen LogP) is 1.99. The first-order valence-electron chi connectivity index (χ1n) is 6.88. The Hall–Kier alpha value is -1.10. The molecule has 5 nitrogen and oxygen atoms in total. The van der Waals surface area contributed by atoms with Crippen LogP contribution in [0.1, 0.15) is 40.0 Å². The summed E-state index contributed by atoms with van der Waals surface area (Å²) in [6, 6.07) is -0.454. The lowest BCUT2D eigenvalue weighted by molar-refractivity contribution is -0.114. The molecule has 2 bridgehead atoms. The van der Waals surface area contributed by atoms with Gasteiger partial charge >= 0.3 is 6.09 Å². The second kappa shape index (κ2) is 5.12. The average molecular weight is 269 g/mol. The minimum atomic E-state index is -0.552. The summed E-state index contributed by atoms with van der Waals surface area (Å²) in [4.78, 5) is 24.8. The van der Waals surface area contributed by atoms with Gasteiger partial charge in [-0.1, -0.05) is 0 Å². The van der Waals surface area contributed by atoms with Crippen LogP contribution < -0.4 is 0 Å². The van der Waals surface area contributed by atoms with Crippen molar-refractivity contribution < 1.29 is 19.1 Å². The van der Waals surface area contributed by atoms with Crippen molar-refractivity contribution in [1.82, 2.24) is 4.90 Å². The molecule has 2 saturated heterocycles. The third-order valence-electron chi connectivity index (χ3n) is 3.86. The van der Waals surface area contributed by atoms with Crippen LogP contribution in [0.25, 0.3) is 0 Å². The van der Waals surface area contributed by atoms with Gasteiger partial charge in [0.15, 0.2) is 0 Å². The number of hydrogen-bond donors (Lipinski definition) is 0. The summed E-state index contributed by atoms with van der Waals surface area (Å²) in [5, 5.41) is 0. The van der Waals surface area contributed by atoms with Crippen LogP contribution in [0.3, 0.4) is 0 Å². The molecule has 2 fully saturated rings. The maximum absolute atomic E-state index is 12.0. The first kappa shape index (κ1) is 14.3. The van der Waals surface area contributed by atoms with Crippen LogP contribution in [0.4, 0.5) is 4.79 Å². The molecule has 0 radical (unpaired) electrons. The van der Waals surface area contributed by atoms with Crippen LogP contribution in [0, 0.1) is 5.92 Å². The van der Waals surface area contributed by atoms with E-state index in [2.05, 4.69) is 0 Å². The van der Waals surface area contributed by atoms with Crippen LogP contribution in [0.5, 0.6) is 0 Å². The van der Waals surface area contributed by atoms with E-state index in [0.29, 0.717) is 0 Å². The van der Waals surface area contributed by atoms with E-state index in [1.165, 1.54) is 4.90 Å². The van der Waals surface area contributed by atoms with E-state index in [4.69, 9.17) is 9.47 Å². The van der Waals surface area contributed by atoms with Crippen molar-refractivity contribution in [3.63, 3.8) is 0 Å². The van der Waals surface area contributed by atoms with Gasteiger partial charge in [-0.25, -0.2) is 4.79 Å². The highest BCUT2D eigenvalue weighted by Crippen LogP contribution is 2.41. The lowest BCUT2D eigenvalue weighted by atomic mass is 9.84. The summed E-state index contributed by atoms with van der Waals surface area (Å²) in [5.41, 5.74) is -0.552. The molecular weight excluding hydrogens is 246 g/mol. The average Bonchev–Trinajstić information content (AvgIpc) is 2.89. The van der Waals surface area contributed by atoms with Gasteiger partial charge in [0.2, 0.25) is 0 Å². The SMILES string of the molecule is CN(C(=O)OC(C)(C)C)C(C=O)C1CC2CCC1O2. The Bertz CT molecular complexity index is 363. The normalized spacial score (nSPS) is 31.1. The summed E-state index contributed by atoms with van der Waals surface area (Å²) < 4.78 is 11.1. The highest BCUT2D eigenvalue weighted by molar-refractivity contribution is 5.73. The summed E-state index contributed by atoms with van der Waals surface area (Å²) in [5.74, 6) is 0.105.